The zero-order valence-corrected chi connectivity index (χ0v) is 36.3. The first-order chi connectivity index (χ1) is 32.8. The van der Waals surface area contributed by atoms with E-state index in [2.05, 4.69) is 276 Å². The van der Waals surface area contributed by atoms with E-state index in [1.54, 1.807) is 0 Å². The Kier molecular flexibility index (Phi) is 9.89. The fraction of sp³-hybridized carbons (Fsp3) is 0. The number of hydrogen-bond donors (Lipinski definition) is 0. The van der Waals surface area contributed by atoms with Crippen LogP contribution in [0.5, 0.6) is 0 Å². The molecule has 1 heterocycles. The van der Waals surface area contributed by atoms with E-state index in [0.717, 1.165) is 33.9 Å². The Bertz CT molecular complexity index is 3640. The van der Waals surface area contributed by atoms with Gasteiger partial charge in [-0.2, -0.15) is 0 Å². The SMILES string of the molecule is c1ccc(-c2ccc(-c3ccc(N(c4ccc(-c5cccc6c7ccccc7n(-c7ccccc7)c56)cc4)c4ccccc4-c4cccc5cccc(-c6ccccc6)c45)cc3)cc2)cc1. The molecular weight excluding hydrogens is 797 g/mol. The minimum Gasteiger partial charge on any atom is -0.310 e. The molecular formula is C64H44N2. The summed E-state index contributed by atoms with van der Waals surface area (Å²) in [6.07, 6.45) is 0. The van der Waals surface area contributed by atoms with Crippen molar-refractivity contribution in [1.29, 1.82) is 0 Å². The lowest BCUT2D eigenvalue weighted by atomic mass is 9.90. The van der Waals surface area contributed by atoms with Gasteiger partial charge in [0.25, 0.3) is 0 Å². The van der Waals surface area contributed by atoms with Crippen molar-refractivity contribution in [3.8, 4) is 61.3 Å². The van der Waals surface area contributed by atoms with Gasteiger partial charge < -0.3 is 9.47 Å². The number of aromatic nitrogens is 1. The third kappa shape index (κ3) is 6.93. The van der Waals surface area contributed by atoms with Gasteiger partial charge in [0.1, 0.15) is 0 Å². The molecule has 0 amide bonds. The average Bonchev–Trinajstić information content (AvgIpc) is 3.74. The summed E-state index contributed by atoms with van der Waals surface area (Å²) >= 11 is 0. The normalized spacial score (nSPS) is 11.3. The fourth-order valence-corrected chi connectivity index (χ4v) is 9.92. The molecule has 0 atom stereocenters. The van der Waals surface area contributed by atoms with E-state index in [4.69, 9.17) is 0 Å². The highest BCUT2D eigenvalue weighted by molar-refractivity contribution is 6.14. The predicted molar refractivity (Wildman–Crippen MR) is 280 cm³/mol. The largest absolute Gasteiger partial charge is 0.310 e. The Morgan fingerprint density at radius 2 is 0.712 bits per heavy atom. The highest BCUT2D eigenvalue weighted by Gasteiger charge is 2.21. The van der Waals surface area contributed by atoms with Gasteiger partial charge in [0.05, 0.1) is 16.7 Å². The van der Waals surface area contributed by atoms with E-state index in [1.165, 1.54) is 77.1 Å². The van der Waals surface area contributed by atoms with Gasteiger partial charge in [0.2, 0.25) is 0 Å². The van der Waals surface area contributed by atoms with Gasteiger partial charge in [0.15, 0.2) is 0 Å². The van der Waals surface area contributed by atoms with Crippen LogP contribution in [0, 0.1) is 0 Å². The summed E-state index contributed by atoms with van der Waals surface area (Å²) < 4.78 is 2.42. The minimum atomic E-state index is 1.07. The second-order valence-corrected chi connectivity index (χ2v) is 16.9. The maximum Gasteiger partial charge on any atom is 0.0619 e. The first kappa shape index (κ1) is 38.9. The Labute approximate surface area is 385 Å². The summed E-state index contributed by atoms with van der Waals surface area (Å²) in [6, 6.07) is 96.8. The van der Waals surface area contributed by atoms with Crippen molar-refractivity contribution in [2.24, 2.45) is 0 Å². The van der Waals surface area contributed by atoms with Gasteiger partial charge in [-0.25, -0.2) is 0 Å². The number of nitrogens with zero attached hydrogens (tertiary/aromatic N) is 2. The van der Waals surface area contributed by atoms with Crippen LogP contribution in [0.4, 0.5) is 17.1 Å². The summed E-state index contributed by atoms with van der Waals surface area (Å²) in [5, 5.41) is 4.94. The highest BCUT2D eigenvalue weighted by atomic mass is 15.1. The first-order valence-electron chi connectivity index (χ1n) is 22.7. The molecule has 0 aliphatic rings. The van der Waals surface area contributed by atoms with Crippen molar-refractivity contribution in [2.75, 3.05) is 4.90 Å². The van der Waals surface area contributed by atoms with Gasteiger partial charge in [-0.05, 0) is 104 Å². The molecule has 0 fully saturated rings. The predicted octanol–water partition coefficient (Wildman–Crippen LogP) is 17.7. The molecule has 1 aromatic heterocycles. The number of anilines is 3. The summed E-state index contributed by atoms with van der Waals surface area (Å²) in [5.41, 5.74) is 18.7. The Hall–Kier alpha value is -8.72. The monoisotopic (exact) mass is 840 g/mol. The molecule has 0 unspecified atom stereocenters. The molecule has 310 valence electrons. The van der Waals surface area contributed by atoms with Gasteiger partial charge in [-0.15, -0.1) is 0 Å². The molecule has 0 spiro atoms. The number of fused-ring (bicyclic) bond motifs is 4. The molecule has 11 aromatic carbocycles. The van der Waals surface area contributed by atoms with Crippen LogP contribution in [0.3, 0.4) is 0 Å². The lowest BCUT2D eigenvalue weighted by Gasteiger charge is -2.29. The average molecular weight is 841 g/mol. The first-order valence-corrected chi connectivity index (χ1v) is 22.7. The van der Waals surface area contributed by atoms with Crippen molar-refractivity contribution in [1.82, 2.24) is 4.57 Å². The maximum atomic E-state index is 2.42. The quantitative estimate of drug-likeness (QED) is 0.141. The van der Waals surface area contributed by atoms with Crippen LogP contribution in [0.2, 0.25) is 0 Å². The molecule has 2 nitrogen and oxygen atoms in total. The van der Waals surface area contributed by atoms with E-state index in [1.807, 2.05) is 0 Å². The van der Waals surface area contributed by atoms with Gasteiger partial charge in [0, 0.05) is 39.0 Å². The van der Waals surface area contributed by atoms with Crippen molar-refractivity contribution in [2.45, 2.75) is 0 Å². The summed E-state index contributed by atoms with van der Waals surface area (Å²) in [5.74, 6) is 0. The fourth-order valence-electron chi connectivity index (χ4n) is 9.92. The number of benzene rings is 11. The number of hydrogen-bond acceptors (Lipinski definition) is 1. The van der Waals surface area contributed by atoms with Crippen LogP contribution in [0.15, 0.2) is 267 Å². The van der Waals surface area contributed by atoms with Crippen molar-refractivity contribution < 1.29 is 0 Å². The molecule has 2 heteroatoms. The maximum absolute atomic E-state index is 2.42. The third-order valence-corrected chi connectivity index (χ3v) is 13.0. The topological polar surface area (TPSA) is 8.17 Å². The molecule has 12 rings (SSSR count). The van der Waals surface area contributed by atoms with Gasteiger partial charge in [-0.1, -0.05) is 218 Å². The number of para-hydroxylation sites is 4. The molecule has 0 saturated carbocycles. The highest BCUT2D eigenvalue weighted by Crippen LogP contribution is 2.46. The molecule has 0 bridgehead atoms. The van der Waals surface area contributed by atoms with Crippen LogP contribution in [-0.4, -0.2) is 4.57 Å². The van der Waals surface area contributed by atoms with E-state index in [-0.39, 0.29) is 0 Å². The lowest BCUT2D eigenvalue weighted by Crippen LogP contribution is -2.11. The number of rotatable bonds is 9. The Morgan fingerprint density at radius 3 is 1.38 bits per heavy atom. The molecule has 0 aliphatic heterocycles. The molecule has 12 aromatic rings. The lowest BCUT2D eigenvalue weighted by molar-refractivity contribution is 1.18. The zero-order chi connectivity index (χ0) is 43.8. The van der Waals surface area contributed by atoms with Gasteiger partial charge >= 0.3 is 0 Å². The molecule has 0 N–H and O–H groups in total. The van der Waals surface area contributed by atoms with E-state index in [0.29, 0.717) is 0 Å². The zero-order valence-electron chi connectivity index (χ0n) is 36.3. The standard InChI is InChI=1S/C64H44N2/c1-4-17-45(18-5-1)46-33-35-47(36-34-46)48-37-41-53(42-38-48)65(61-31-12-10-25-57(61)59-29-15-22-51-21-14-27-55(63(51)59)49-19-6-2-7-20-49)54-43-39-50(40-44-54)56-28-16-30-60-58-26-11-13-32-62(58)66(64(56)60)52-23-8-3-9-24-52/h1-44H. The van der Waals surface area contributed by atoms with Crippen LogP contribution < -0.4 is 4.90 Å². The summed E-state index contributed by atoms with van der Waals surface area (Å²) in [4.78, 5) is 2.42. The molecule has 0 saturated heterocycles. The second-order valence-electron chi connectivity index (χ2n) is 16.9. The Morgan fingerprint density at radius 1 is 0.273 bits per heavy atom. The van der Waals surface area contributed by atoms with Crippen LogP contribution in [0.1, 0.15) is 0 Å². The van der Waals surface area contributed by atoms with E-state index >= 15 is 0 Å². The van der Waals surface area contributed by atoms with Gasteiger partial charge in [-0.3, -0.25) is 0 Å². The minimum absolute atomic E-state index is 1.07. The van der Waals surface area contributed by atoms with E-state index < -0.39 is 0 Å². The summed E-state index contributed by atoms with van der Waals surface area (Å²) in [7, 11) is 0. The smallest absolute Gasteiger partial charge is 0.0619 e. The van der Waals surface area contributed by atoms with Crippen LogP contribution >= 0.6 is 0 Å². The second kappa shape index (κ2) is 16.8. The van der Waals surface area contributed by atoms with E-state index in [9.17, 15) is 0 Å². The van der Waals surface area contributed by atoms with Crippen molar-refractivity contribution >= 4 is 49.6 Å². The van der Waals surface area contributed by atoms with Crippen molar-refractivity contribution in [3.63, 3.8) is 0 Å². The van der Waals surface area contributed by atoms with Crippen LogP contribution in [-0.2, 0) is 0 Å². The summed E-state index contributed by atoms with van der Waals surface area (Å²) in [6.45, 7) is 0. The molecule has 66 heavy (non-hydrogen) atoms. The molecule has 0 radical (unpaired) electrons. The Balaban J connectivity index is 1.01. The van der Waals surface area contributed by atoms with Crippen molar-refractivity contribution in [3.05, 3.63) is 267 Å². The van der Waals surface area contributed by atoms with Crippen LogP contribution in [0.25, 0.3) is 93.9 Å². The molecule has 0 aliphatic carbocycles. The third-order valence-electron chi connectivity index (χ3n) is 13.0.